The second-order valence-corrected chi connectivity index (χ2v) is 14.7. The minimum absolute atomic E-state index is 0.0287. The van der Waals surface area contributed by atoms with Crippen LogP contribution in [0.4, 0.5) is 5.69 Å². The van der Waals surface area contributed by atoms with Gasteiger partial charge in [-0.3, -0.25) is 13.9 Å². The van der Waals surface area contributed by atoms with Crippen LogP contribution in [0.3, 0.4) is 0 Å². The lowest BCUT2D eigenvalue weighted by Crippen LogP contribution is -2.53. The highest BCUT2D eigenvalue weighted by Gasteiger charge is 2.33. The Morgan fingerprint density at radius 3 is 2.20 bits per heavy atom. The number of carbonyl (C=O) groups is 2. The highest BCUT2D eigenvalue weighted by molar-refractivity contribution is 7.92. The summed E-state index contributed by atoms with van der Waals surface area (Å²) >= 11 is 13.1. The molecule has 1 atom stereocenters. The first-order valence-electron chi connectivity index (χ1n) is 15.6. The van der Waals surface area contributed by atoms with Gasteiger partial charge in [0.25, 0.3) is 0 Å². The maximum atomic E-state index is 14.2. The average molecular weight is 673 g/mol. The third-order valence-electron chi connectivity index (χ3n) is 8.54. The van der Waals surface area contributed by atoms with Crippen molar-refractivity contribution in [3.8, 4) is 0 Å². The number of hydrogen-bond acceptors (Lipinski definition) is 4. The van der Waals surface area contributed by atoms with E-state index in [-0.39, 0.29) is 43.8 Å². The number of sulfonamides is 1. The van der Waals surface area contributed by atoms with Gasteiger partial charge in [0.15, 0.2) is 0 Å². The fraction of sp³-hybridized carbons (Fsp3) is 0.429. The fourth-order valence-corrected chi connectivity index (χ4v) is 7.31. The summed E-state index contributed by atoms with van der Waals surface area (Å²) in [6, 6.07) is 19.6. The number of nitrogens with one attached hydrogen (secondary N) is 1. The third kappa shape index (κ3) is 9.71. The molecule has 3 aromatic rings. The summed E-state index contributed by atoms with van der Waals surface area (Å²) in [7, 11) is -3.60. The molecule has 0 saturated heterocycles. The van der Waals surface area contributed by atoms with Crippen molar-refractivity contribution in [2.45, 2.75) is 83.8 Å². The van der Waals surface area contributed by atoms with Crippen LogP contribution in [0.1, 0.15) is 67.2 Å². The van der Waals surface area contributed by atoms with Crippen LogP contribution >= 0.6 is 23.2 Å². The lowest BCUT2D eigenvalue weighted by molar-refractivity contribution is -0.141. The highest BCUT2D eigenvalue weighted by atomic mass is 35.5. The van der Waals surface area contributed by atoms with E-state index in [1.165, 1.54) is 10.6 Å². The third-order valence-corrected chi connectivity index (χ3v) is 10.4. The van der Waals surface area contributed by atoms with Crippen LogP contribution in [0.15, 0.2) is 66.7 Å². The Morgan fingerprint density at radius 2 is 1.58 bits per heavy atom. The summed E-state index contributed by atoms with van der Waals surface area (Å²) in [6.07, 6.45) is 6.86. The minimum atomic E-state index is -3.60. The first kappa shape index (κ1) is 34.8. The van der Waals surface area contributed by atoms with E-state index in [0.717, 1.165) is 48.8 Å². The van der Waals surface area contributed by atoms with Crippen molar-refractivity contribution in [3.63, 3.8) is 0 Å². The monoisotopic (exact) mass is 671 g/mol. The van der Waals surface area contributed by atoms with Gasteiger partial charge in [-0.15, -0.1) is 0 Å². The van der Waals surface area contributed by atoms with Gasteiger partial charge >= 0.3 is 0 Å². The zero-order valence-electron chi connectivity index (χ0n) is 26.3. The Labute approximate surface area is 278 Å². The molecular formula is C35H43Cl2N3O4S. The number of carbonyl (C=O) groups excluding carboxylic acids is 2. The van der Waals surface area contributed by atoms with Crippen LogP contribution in [0, 0.1) is 13.8 Å². The second kappa shape index (κ2) is 16.0. The molecule has 1 unspecified atom stereocenters. The highest BCUT2D eigenvalue weighted by Crippen LogP contribution is 2.28. The molecule has 10 heteroatoms. The molecule has 242 valence electrons. The minimum Gasteiger partial charge on any atom is -0.352 e. The van der Waals surface area contributed by atoms with Gasteiger partial charge in [0.1, 0.15) is 6.04 Å². The van der Waals surface area contributed by atoms with Gasteiger partial charge in [0.2, 0.25) is 21.8 Å². The predicted octanol–water partition coefficient (Wildman–Crippen LogP) is 7.25. The maximum absolute atomic E-state index is 14.2. The molecule has 1 fully saturated rings. The number of amides is 2. The van der Waals surface area contributed by atoms with Crippen LogP contribution < -0.4 is 9.62 Å². The molecule has 4 rings (SSSR count). The van der Waals surface area contributed by atoms with Crippen molar-refractivity contribution in [1.29, 1.82) is 0 Å². The van der Waals surface area contributed by atoms with Gasteiger partial charge in [0.05, 0.1) is 11.9 Å². The number of hydrogen-bond donors (Lipinski definition) is 1. The normalized spacial score (nSPS) is 14.5. The Bertz CT molecular complexity index is 1560. The summed E-state index contributed by atoms with van der Waals surface area (Å²) in [6.45, 7) is 4.07. The molecule has 45 heavy (non-hydrogen) atoms. The van der Waals surface area contributed by atoms with Crippen LogP contribution in [0.5, 0.6) is 0 Å². The van der Waals surface area contributed by atoms with E-state index in [9.17, 15) is 18.0 Å². The van der Waals surface area contributed by atoms with E-state index >= 15 is 0 Å². The van der Waals surface area contributed by atoms with Crippen molar-refractivity contribution in [2.24, 2.45) is 0 Å². The van der Waals surface area contributed by atoms with E-state index in [1.807, 2.05) is 56.3 Å². The Kier molecular flexibility index (Phi) is 12.3. The van der Waals surface area contributed by atoms with E-state index < -0.39 is 16.1 Å². The molecular weight excluding hydrogens is 629 g/mol. The van der Waals surface area contributed by atoms with E-state index in [1.54, 1.807) is 29.2 Å². The summed E-state index contributed by atoms with van der Waals surface area (Å²) in [5.41, 5.74) is 4.08. The molecule has 1 aliphatic carbocycles. The van der Waals surface area contributed by atoms with Crippen molar-refractivity contribution >= 4 is 50.7 Å². The van der Waals surface area contributed by atoms with Gasteiger partial charge < -0.3 is 10.2 Å². The van der Waals surface area contributed by atoms with Crippen molar-refractivity contribution in [2.75, 3.05) is 17.1 Å². The molecule has 1 N–H and O–H groups in total. The quantitative estimate of drug-likeness (QED) is 0.207. The van der Waals surface area contributed by atoms with Gasteiger partial charge in [-0.05, 0) is 74.1 Å². The van der Waals surface area contributed by atoms with Crippen LogP contribution in [-0.2, 0) is 32.6 Å². The molecule has 0 heterocycles. The number of aryl methyl sites for hydroxylation is 2. The average Bonchev–Trinajstić information content (AvgIpc) is 3.00. The molecule has 1 aliphatic rings. The second-order valence-electron chi connectivity index (χ2n) is 12.0. The Hall–Kier alpha value is -3.07. The number of anilines is 1. The largest absolute Gasteiger partial charge is 0.352 e. The summed E-state index contributed by atoms with van der Waals surface area (Å²) in [5.74, 6) is -0.491. The molecule has 0 spiro atoms. The molecule has 2 amide bonds. The van der Waals surface area contributed by atoms with Gasteiger partial charge in [-0.25, -0.2) is 8.42 Å². The summed E-state index contributed by atoms with van der Waals surface area (Å²) < 4.78 is 26.9. The van der Waals surface area contributed by atoms with Crippen LogP contribution in [-0.4, -0.2) is 50.0 Å². The maximum Gasteiger partial charge on any atom is 0.243 e. The van der Waals surface area contributed by atoms with Crippen molar-refractivity contribution in [1.82, 2.24) is 10.2 Å². The molecule has 7 nitrogen and oxygen atoms in total. The molecule has 0 aromatic heterocycles. The number of halogens is 2. The van der Waals surface area contributed by atoms with E-state index in [4.69, 9.17) is 23.2 Å². The number of rotatable bonds is 13. The van der Waals surface area contributed by atoms with Crippen LogP contribution in [0.25, 0.3) is 0 Å². The van der Waals surface area contributed by atoms with E-state index in [2.05, 4.69) is 5.32 Å². The SMILES string of the molecule is Cc1ccc(N(CCCC(=O)N(Cc2c(Cl)cccc2Cl)C(Cc2ccccc2)C(=O)NC2CCCCC2)S(C)(=O)=O)cc1C. The number of benzene rings is 3. The van der Waals surface area contributed by atoms with Crippen molar-refractivity contribution < 1.29 is 18.0 Å². The fourth-order valence-electron chi connectivity index (χ4n) is 5.84. The summed E-state index contributed by atoms with van der Waals surface area (Å²) in [4.78, 5) is 29.7. The molecule has 0 bridgehead atoms. The first-order valence-corrected chi connectivity index (χ1v) is 18.2. The topological polar surface area (TPSA) is 86.8 Å². The first-order chi connectivity index (χ1) is 21.4. The van der Waals surface area contributed by atoms with Crippen LogP contribution in [0.2, 0.25) is 10.0 Å². The predicted molar refractivity (Wildman–Crippen MR) is 183 cm³/mol. The zero-order valence-corrected chi connectivity index (χ0v) is 28.6. The number of nitrogens with zero attached hydrogens (tertiary/aromatic N) is 2. The lowest BCUT2D eigenvalue weighted by atomic mass is 9.94. The van der Waals surface area contributed by atoms with Gasteiger partial charge in [-0.1, -0.05) is 84.9 Å². The lowest BCUT2D eigenvalue weighted by Gasteiger charge is -2.34. The van der Waals surface area contributed by atoms with Gasteiger partial charge in [-0.2, -0.15) is 0 Å². The molecule has 3 aromatic carbocycles. The Morgan fingerprint density at radius 1 is 0.911 bits per heavy atom. The molecule has 0 aliphatic heterocycles. The smallest absolute Gasteiger partial charge is 0.243 e. The van der Waals surface area contributed by atoms with E-state index in [0.29, 0.717) is 27.7 Å². The molecule has 0 radical (unpaired) electrons. The van der Waals surface area contributed by atoms with Crippen molar-refractivity contribution in [3.05, 3.63) is 99.0 Å². The zero-order chi connectivity index (χ0) is 32.6. The molecule has 1 saturated carbocycles. The van der Waals surface area contributed by atoms with Gasteiger partial charge in [0, 0.05) is 47.6 Å². The Balaban J connectivity index is 1.63. The summed E-state index contributed by atoms with van der Waals surface area (Å²) in [5, 5.41) is 4.04. The standard InChI is InChI=1S/C35H43Cl2N3O4S/c1-25-19-20-29(22-26(25)2)40(45(3,43)44)21-11-18-34(41)39(24-30-31(36)16-10-17-32(30)37)33(23-27-12-6-4-7-13-27)35(42)38-28-14-8-5-9-15-28/h4,6-7,10,12-13,16-17,19-20,22,28,33H,5,8-9,11,14-15,18,21,23-24H2,1-3H3,(H,38,42).